The van der Waals surface area contributed by atoms with Gasteiger partial charge in [0.2, 0.25) is 0 Å². The number of benzene rings is 1. The zero-order valence-corrected chi connectivity index (χ0v) is 12.5. The third-order valence-electron chi connectivity index (χ3n) is 3.79. The highest BCUT2D eigenvalue weighted by Gasteiger charge is 2.22. The van der Waals surface area contributed by atoms with Crippen LogP contribution in [0.15, 0.2) is 18.2 Å². The average Bonchev–Trinajstić information content (AvgIpc) is 2.38. The van der Waals surface area contributed by atoms with E-state index in [4.69, 9.17) is 4.74 Å². The van der Waals surface area contributed by atoms with Gasteiger partial charge in [-0.15, -0.1) is 0 Å². The quantitative estimate of drug-likeness (QED) is 0.921. The van der Waals surface area contributed by atoms with Crippen molar-refractivity contribution in [3.63, 3.8) is 0 Å². The minimum atomic E-state index is -0.612. The summed E-state index contributed by atoms with van der Waals surface area (Å²) in [7, 11) is 0. The van der Waals surface area contributed by atoms with Crippen LogP contribution in [0.4, 0.5) is 4.39 Å². The summed E-state index contributed by atoms with van der Waals surface area (Å²) in [6, 6.07) is 4.95. The van der Waals surface area contributed by atoms with Gasteiger partial charge in [-0.3, -0.25) is 4.90 Å². The van der Waals surface area contributed by atoms with Crippen LogP contribution in [0.3, 0.4) is 0 Å². The lowest BCUT2D eigenvalue weighted by molar-refractivity contribution is -0.0702. The van der Waals surface area contributed by atoms with Crippen molar-refractivity contribution in [3.8, 4) is 0 Å². The number of halogens is 1. The molecule has 3 nitrogen and oxygen atoms in total. The summed E-state index contributed by atoms with van der Waals surface area (Å²) in [5, 5.41) is 10.2. The average molecular weight is 281 g/mol. The van der Waals surface area contributed by atoms with Crippen molar-refractivity contribution < 1.29 is 14.2 Å². The van der Waals surface area contributed by atoms with Gasteiger partial charge in [0.05, 0.1) is 18.3 Å². The topological polar surface area (TPSA) is 32.7 Å². The predicted molar refractivity (Wildman–Crippen MR) is 77.2 cm³/mol. The summed E-state index contributed by atoms with van der Waals surface area (Å²) in [5.74, 6) is -0.254. The molecule has 1 N–H and O–H groups in total. The first kappa shape index (κ1) is 15.4. The first-order valence-corrected chi connectivity index (χ1v) is 7.27. The Hall–Kier alpha value is -0.970. The smallest absolute Gasteiger partial charge is 0.126 e. The van der Waals surface area contributed by atoms with Crippen molar-refractivity contribution in [2.75, 3.05) is 19.6 Å². The number of aryl methyl sites for hydroxylation is 1. The Morgan fingerprint density at radius 3 is 2.60 bits per heavy atom. The normalized spacial score (nSPS) is 25.6. The second-order valence-corrected chi connectivity index (χ2v) is 5.83. The summed E-state index contributed by atoms with van der Waals surface area (Å²) in [4.78, 5) is 2.30. The van der Waals surface area contributed by atoms with Crippen LogP contribution in [0.2, 0.25) is 0 Å². The van der Waals surface area contributed by atoms with Crippen LogP contribution in [-0.4, -0.2) is 41.8 Å². The van der Waals surface area contributed by atoms with E-state index in [1.807, 2.05) is 0 Å². The van der Waals surface area contributed by atoms with Gasteiger partial charge in [-0.1, -0.05) is 12.1 Å². The van der Waals surface area contributed by atoms with Gasteiger partial charge in [-0.05, 0) is 44.4 Å². The lowest BCUT2D eigenvalue weighted by atomic mass is 10.0. The van der Waals surface area contributed by atoms with Crippen LogP contribution in [0.1, 0.15) is 37.5 Å². The molecule has 3 atom stereocenters. The van der Waals surface area contributed by atoms with Crippen LogP contribution in [0, 0.1) is 12.7 Å². The Balaban J connectivity index is 1.88. The van der Waals surface area contributed by atoms with Crippen molar-refractivity contribution >= 4 is 0 Å². The molecule has 1 aromatic carbocycles. The summed E-state index contributed by atoms with van der Waals surface area (Å²) in [6.45, 7) is 8.43. The zero-order chi connectivity index (χ0) is 14.7. The Kier molecular flexibility index (Phi) is 5.13. The summed E-state index contributed by atoms with van der Waals surface area (Å²) >= 11 is 0. The molecule has 0 spiro atoms. The number of hydrogen-bond acceptors (Lipinski definition) is 3. The number of aliphatic hydroxyl groups excluding tert-OH is 1. The molecule has 2 rings (SSSR count). The van der Waals surface area contributed by atoms with Crippen molar-refractivity contribution in [1.82, 2.24) is 4.90 Å². The van der Waals surface area contributed by atoms with E-state index in [1.54, 1.807) is 19.1 Å². The van der Waals surface area contributed by atoms with Gasteiger partial charge in [0.25, 0.3) is 0 Å². The van der Waals surface area contributed by atoms with Crippen LogP contribution in [0.25, 0.3) is 0 Å². The van der Waals surface area contributed by atoms with E-state index >= 15 is 0 Å². The van der Waals surface area contributed by atoms with E-state index in [1.165, 1.54) is 6.07 Å². The van der Waals surface area contributed by atoms with E-state index in [9.17, 15) is 9.50 Å². The summed E-state index contributed by atoms with van der Waals surface area (Å²) in [5.41, 5.74) is 1.26. The number of hydrogen-bond donors (Lipinski definition) is 1. The molecule has 20 heavy (non-hydrogen) atoms. The molecule has 112 valence electrons. The van der Waals surface area contributed by atoms with Crippen LogP contribution < -0.4 is 0 Å². The largest absolute Gasteiger partial charge is 0.388 e. The molecule has 0 bridgehead atoms. The first-order chi connectivity index (χ1) is 9.45. The van der Waals surface area contributed by atoms with Gasteiger partial charge in [-0.25, -0.2) is 4.39 Å². The highest BCUT2D eigenvalue weighted by molar-refractivity contribution is 5.24. The molecule has 0 radical (unpaired) electrons. The summed E-state index contributed by atoms with van der Waals surface area (Å²) < 4.78 is 19.2. The third kappa shape index (κ3) is 4.01. The Bertz CT molecular complexity index is 442. The molecule has 0 aromatic heterocycles. The lowest BCUT2D eigenvalue weighted by Crippen LogP contribution is -2.45. The van der Waals surface area contributed by atoms with Gasteiger partial charge in [0.1, 0.15) is 5.82 Å². The maximum absolute atomic E-state index is 13.5. The fourth-order valence-corrected chi connectivity index (χ4v) is 2.75. The Morgan fingerprint density at radius 1 is 1.35 bits per heavy atom. The van der Waals surface area contributed by atoms with Gasteiger partial charge in [0, 0.05) is 19.6 Å². The lowest BCUT2D eigenvalue weighted by Gasteiger charge is -2.35. The number of rotatable bonds is 4. The number of nitrogens with zero attached hydrogens (tertiary/aromatic N) is 1. The number of morpholine rings is 1. The van der Waals surface area contributed by atoms with E-state index in [-0.39, 0.29) is 18.0 Å². The fraction of sp³-hybridized carbons (Fsp3) is 0.625. The zero-order valence-electron chi connectivity index (χ0n) is 12.5. The SMILES string of the molecule is Cc1ccc(C(O)CCN2C[C@@H](C)O[C@@H](C)C2)cc1F. The molecule has 1 unspecified atom stereocenters. The number of aliphatic hydroxyl groups is 1. The molecule has 0 aliphatic carbocycles. The maximum atomic E-state index is 13.5. The Morgan fingerprint density at radius 2 is 2.00 bits per heavy atom. The van der Waals surface area contributed by atoms with Crippen molar-refractivity contribution in [2.45, 2.75) is 45.5 Å². The standard InChI is InChI=1S/C16H24FNO2/c1-11-4-5-14(8-15(11)17)16(19)6-7-18-9-12(2)20-13(3)10-18/h4-5,8,12-13,16,19H,6-7,9-10H2,1-3H3/t12-,13+,16?. The monoisotopic (exact) mass is 281 g/mol. The van der Waals surface area contributed by atoms with Gasteiger partial charge < -0.3 is 9.84 Å². The van der Waals surface area contributed by atoms with Crippen molar-refractivity contribution in [1.29, 1.82) is 0 Å². The van der Waals surface area contributed by atoms with Crippen molar-refractivity contribution in [2.24, 2.45) is 0 Å². The molecule has 1 aliphatic rings. The molecular formula is C16H24FNO2. The highest BCUT2D eigenvalue weighted by Crippen LogP contribution is 2.20. The molecule has 0 saturated carbocycles. The predicted octanol–water partition coefficient (Wildman–Crippen LogP) is 2.67. The second-order valence-electron chi connectivity index (χ2n) is 5.83. The molecule has 4 heteroatoms. The molecule has 1 fully saturated rings. The van der Waals surface area contributed by atoms with Gasteiger partial charge >= 0.3 is 0 Å². The molecule has 1 aromatic rings. The van der Waals surface area contributed by atoms with Gasteiger partial charge in [0.15, 0.2) is 0 Å². The van der Waals surface area contributed by atoms with E-state index in [2.05, 4.69) is 18.7 Å². The summed E-state index contributed by atoms with van der Waals surface area (Å²) in [6.07, 6.45) is 0.459. The van der Waals surface area contributed by atoms with E-state index in [0.717, 1.165) is 19.6 Å². The van der Waals surface area contributed by atoms with Crippen LogP contribution >= 0.6 is 0 Å². The van der Waals surface area contributed by atoms with E-state index in [0.29, 0.717) is 17.5 Å². The minimum Gasteiger partial charge on any atom is -0.388 e. The van der Waals surface area contributed by atoms with Crippen LogP contribution in [0.5, 0.6) is 0 Å². The molecule has 1 aliphatic heterocycles. The van der Waals surface area contributed by atoms with Crippen LogP contribution in [-0.2, 0) is 4.74 Å². The molecule has 1 heterocycles. The van der Waals surface area contributed by atoms with Crippen molar-refractivity contribution in [3.05, 3.63) is 35.1 Å². The fourth-order valence-electron chi connectivity index (χ4n) is 2.75. The highest BCUT2D eigenvalue weighted by atomic mass is 19.1. The molecule has 0 amide bonds. The van der Waals surface area contributed by atoms with E-state index < -0.39 is 6.10 Å². The van der Waals surface area contributed by atoms with Gasteiger partial charge in [-0.2, -0.15) is 0 Å². The maximum Gasteiger partial charge on any atom is 0.126 e. The minimum absolute atomic E-state index is 0.229. The second kappa shape index (κ2) is 6.66. The molecular weight excluding hydrogens is 257 g/mol. The Labute approximate surface area is 120 Å². The molecule has 1 saturated heterocycles. The number of ether oxygens (including phenoxy) is 1. The first-order valence-electron chi connectivity index (χ1n) is 7.27. The third-order valence-corrected chi connectivity index (χ3v) is 3.79.